The third-order valence-corrected chi connectivity index (χ3v) is 18.7. The van der Waals surface area contributed by atoms with E-state index < -0.39 is 97.5 Å². The van der Waals surface area contributed by atoms with Crippen LogP contribution >= 0.6 is 15.6 Å². The average molecular weight is 1530 g/mol. The van der Waals surface area contributed by atoms with Crippen molar-refractivity contribution in [3.8, 4) is 0 Å². The molecule has 0 fully saturated rings. The van der Waals surface area contributed by atoms with Gasteiger partial charge in [-0.15, -0.1) is 0 Å². The molecule has 606 valence electrons. The van der Waals surface area contributed by atoms with Crippen molar-refractivity contribution in [2.45, 2.75) is 341 Å². The number of ether oxygens (including phenoxy) is 4. The van der Waals surface area contributed by atoms with Gasteiger partial charge in [-0.1, -0.05) is 283 Å². The van der Waals surface area contributed by atoms with Crippen LogP contribution in [-0.4, -0.2) is 96.7 Å². The molecular formula is C87H146O17P2. The monoisotopic (exact) mass is 1530 g/mol. The number of carbonyl (C=O) groups excluding carboxylic acids is 4. The van der Waals surface area contributed by atoms with Gasteiger partial charge >= 0.3 is 39.5 Å². The first-order valence-electron chi connectivity index (χ1n) is 41.1. The van der Waals surface area contributed by atoms with Gasteiger partial charge in [0.15, 0.2) is 12.2 Å². The maximum atomic E-state index is 13.1. The summed E-state index contributed by atoms with van der Waals surface area (Å²) in [4.78, 5) is 73.0. The van der Waals surface area contributed by atoms with E-state index in [0.29, 0.717) is 32.1 Å². The molecule has 0 aliphatic rings. The van der Waals surface area contributed by atoms with E-state index in [1.807, 2.05) is 18.2 Å². The molecule has 106 heavy (non-hydrogen) atoms. The summed E-state index contributed by atoms with van der Waals surface area (Å²) in [5.74, 6) is -2.33. The Kier molecular flexibility index (Phi) is 74.3. The molecule has 0 aliphatic carbocycles. The molecule has 2 unspecified atom stereocenters. The largest absolute Gasteiger partial charge is 0.472 e. The molecule has 3 N–H and O–H groups in total. The van der Waals surface area contributed by atoms with Crippen molar-refractivity contribution in [3.63, 3.8) is 0 Å². The maximum absolute atomic E-state index is 13.1. The SMILES string of the molecule is CC/C=C\C/C=C\C/C=C\C/C=C\C/C=C\CCCCCC(=O)O[C@H](COC(=O)CC/C=C\C/C=C\C/C=C\C/C=C\C/C=C\CCCCC)COP(=O)(O)OC[C@@H](O)COP(=O)(O)OC[C@@H](COC(=O)CCCCCCC/C=C\CCCCCC)OC(=O)CCCCCCC/C=C\CCCCCCCC. The number of aliphatic hydroxyl groups is 1. The first-order valence-corrected chi connectivity index (χ1v) is 44.1. The van der Waals surface area contributed by atoms with E-state index in [2.05, 4.69) is 155 Å². The maximum Gasteiger partial charge on any atom is 0.472 e. The Morgan fingerprint density at radius 2 is 0.509 bits per heavy atom. The van der Waals surface area contributed by atoms with E-state index >= 15 is 0 Å². The predicted molar refractivity (Wildman–Crippen MR) is 436 cm³/mol. The topological polar surface area (TPSA) is 237 Å². The van der Waals surface area contributed by atoms with Crippen LogP contribution < -0.4 is 0 Å². The van der Waals surface area contributed by atoms with Crippen molar-refractivity contribution >= 4 is 39.5 Å². The van der Waals surface area contributed by atoms with Crippen LogP contribution in [-0.2, 0) is 65.4 Å². The lowest BCUT2D eigenvalue weighted by atomic mass is 10.1. The fourth-order valence-corrected chi connectivity index (χ4v) is 12.1. The molecule has 0 spiro atoms. The van der Waals surface area contributed by atoms with Crippen LogP contribution in [0.15, 0.2) is 146 Å². The van der Waals surface area contributed by atoms with Crippen molar-refractivity contribution in [2.24, 2.45) is 0 Å². The average Bonchev–Trinajstić information content (AvgIpc) is 0.902. The Labute approximate surface area is 643 Å². The minimum atomic E-state index is -5.01. The first kappa shape index (κ1) is 101. The molecule has 0 aromatic rings. The molecule has 0 rings (SSSR count). The van der Waals surface area contributed by atoms with Gasteiger partial charge in [0.25, 0.3) is 0 Å². The number of hydrogen-bond acceptors (Lipinski definition) is 15. The van der Waals surface area contributed by atoms with Crippen LogP contribution in [0.5, 0.6) is 0 Å². The van der Waals surface area contributed by atoms with Gasteiger partial charge in [0, 0.05) is 25.7 Å². The van der Waals surface area contributed by atoms with E-state index in [9.17, 15) is 43.2 Å². The molecule has 0 saturated carbocycles. The Bertz CT molecular complexity index is 2580. The summed E-state index contributed by atoms with van der Waals surface area (Å²) in [5.41, 5.74) is 0. The lowest BCUT2D eigenvalue weighted by Gasteiger charge is -2.21. The van der Waals surface area contributed by atoms with Crippen LogP contribution in [0.2, 0.25) is 0 Å². The predicted octanol–water partition coefficient (Wildman–Crippen LogP) is 24.2. The number of hydrogen-bond donors (Lipinski definition) is 3. The quantitative estimate of drug-likeness (QED) is 0.0169. The number of aliphatic hydroxyl groups excluding tert-OH is 1. The summed E-state index contributed by atoms with van der Waals surface area (Å²) in [5, 5.41) is 10.6. The number of carbonyl (C=O) groups is 4. The summed E-state index contributed by atoms with van der Waals surface area (Å²) in [7, 11) is -10.0. The summed E-state index contributed by atoms with van der Waals surface area (Å²) in [6, 6.07) is 0. The van der Waals surface area contributed by atoms with Gasteiger partial charge in [-0.05, 0) is 161 Å². The third-order valence-electron chi connectivity index (χ3n) is 16.8. The van der Waals surface area contributed by atoms with Crippen LogP contribution in [0.4, 0.5) is 0 Å². The molecule has 19 heteroatoms. The number of esters is 4. The smallest absolute Gasteiger partial charge is 0.462 e. The van der Waals surface area contributed by atoms with Gasteiger partial charge in [-0.2, -0.15) is 0 Å². The van der Waals surface area contributed by atoms with Gasteiger partial charge in [-0.3, -0.25) is 37.3 Å². The molecule has 5 atom stereocenters. The third kappa shape index (κ3) is 77.1. The zero-order valence-electron chi connectivity index (χ0n) is 66.3. The summed E-state index contributed by atoms with van der Waals surface area (Å²) in [6.07, 6.45) is 89.8. The van der Waals surface area contributed by atoms with Crippen LogP contribution in [0.3, 0.4) is 0 Å². The van der Waals surface area contributed by atoms with E-state index in [1.165, 1.54) is 83.5 Å². The fraction of sp³-hybridized carbons (Fsp3) is 0.678. The Morgan fingerprint density at radius 3 is 0.858 bits per heavy atom. The van der Waals surface area contributed by atoms with Crippen molar-refractivity contribution in [2.75, 3.05) is 39.6 Å². The number of allylic oxidation sites excluding steroid dienone is 24. The molecule has 0 bridgehead atoms. The minimum Gasteiger partial charge on any atom is -0.462 e. The summed E-state index contributed by atoms with van der Waals surface area (Å²) >= 11 is 0. The van der Waals surface area contributed by atoms with Crippen molar-refractivity contribution < 1.29 is 80.2 Å². The summed E-state index contributed by atoms with van der Waals surface area (Å²) in [6.45, 7) is 4.58. The van der Waals surface area contributed by atoms with Gasteiger partial charge < -0.3 is 33.8 Å². The highest BCUT2D eigenvalue weighted by atomic mass is 31.2. The second-order valence-electron chi connectivity index (χ2n) is 27.0. The van der Waals surface area contributed by atoms with Crippen LogP contribution in [0.1, 0.15) is 323 Å². The van der Waals surface area contributed by atoms with Gasteiger partial charge in [-0.25, -0.2) is 9.13 Å². The molecule has 0 aromatic heterocycles. The first-order chi connectivity index (χ1) is 51.7. The lowest BCUT2D eigenvalue weighted by Crippen LogP contribution is -2.30. The zero-order valence-corrected chi connectivity index (χ0v) is 68.1. The Balaban J connectivity index is 5.49. The fourth-order valence-electron chi connectivity index (χ4n) is 10.5. The van der Waals surface area contributed by atoms with E-state index in [-0.39, 0.29) is 25.7 Å². The van der Waals surface area contributed by atoms with Crippen LogP contribution in [0.25, 0.3) is 0 Å². The van der Waals surface area contributed by atoms with Gasteiger partial charge in [0.1, 0.15) is 19.3 Å². The Morgan fingerprint density at radius 1 is 0.274 bits per heavy atom. The zero-order chi connectivity index (χ0) is 77.4. The van der Waals surface area contributed by atoms with E-state index in [4.69, 9.17) is 37.0 Å². The normalized spacial score (nSPS) is 14.6. The van der Waals surface area contributed by atoms with Crippen LogP contribution in [0, 0.1) is 0 Å². The highest BCUT2D eigenvalue weighted by molar-refractivity contribution is 7.47. The van der Waals surface area contributed by atoms with E-state index in [1.54, 1.807) is 0 Å². The summed E-state index contributed by atoms with van der Waals surface area (Å²) < 4.78 is 68.5. The van der Waals surface area contributed by atoms with Gasteiger partial charge in [0.05, 0.1) is 26.4 Å². The lowest BCUT2D eigenvalue weighted by molar-refractivity contribution is -0.161. The molecule has 0 radical (unpaired) electrons. The van der Waals surface area contributed by atoms with Gasteiger partial charge in [0.2, 0.25) is 0 Å². The standard InChI is InChI=1S/C87H146O17P2/c1-5-9-13-17-21-25-29-33-36-38-40-42-45-48-52-56-60-64-68-72-85(90)98-78-83(104-87(92)74-70-66-62-58-54-50-46-43-41-39-37-34-30-26-22-18-14-10-6-2)80-102-106(95,96)100-76-81(88)75-99-105(93,94)101-79-82(77-97-84(89)71-67-63-59-55-51-47-32-28-24-20-16-12-8-4)103-86(91)73-69-65-61-57-53-49-44-35-31-27-23-19-15-11-7-3/h10,14,21-22,25-26,28,32-37,40-44,48,50,52,54,60,64,81-83,88H,5-9,11-13,15-20,23-24,27,29-31,38-39,45-47,49,51,53,55-59,61-63,65-80H2,1-4H3,(H,93,94)(H,95,96)/b14-10-,25-21-,26-22-,32-28-,36-33-,37-34-,42-40-,43-41-,44-35-,52-48-,54-50-,64-60-/t81-,82+,83+/m0/s1. The molecule has 0 heterocycles. The molecule has 0 amide bonds. The second kappa shape index (κ2) is 78.1. The molecule has 0 saturated heterocycles. The highest BCUT2D eigenvalue weighted by Gasteiger charge is 2.30. The number of rotatable bonds is 76. The number of phosphoric ester groups is 2. The minimum absolute atomic E-state index is 0.0258. The van der Waals surface area contributed by atoms with E-state index in [0.717, 1.165) is 154 Å². The Hall–Kier alpha value is -5.06. The van der Waals surface area contributed by atoms with Crippen molar-refractivity contribution in [3.05, 3.63) is 146 Å². The second-order valence-corrected chi connectivity index (χ2v) is 29.9. The molecular weight excluding hydrogens is 1380 g/mol. The number of unbranched alkanes of at least 4 members (excludes halogenated alkanes) is 26. The molecule has 0 aliphatic heterocycles. The van der Waals surface area contributed by atoms with Crippen molar-refractivity contribution in [1.82, 2.24) is 0 Å². The highest BCUT2D eigenvalue weighted by Crippen LogP contribution is 2.45. The van der Waals surface area contributed by atoms with Crippen molar-refractivity contribution in [1.29, 1.82) is 0 Å². The molecule has 17 nitrogen and oxygen atoms in total. The number of phosphoric acid groups is 2. The molecule has 0 aromatic carbocycles.